The summed E-state index contributed by atoms with van der Waals surface area (Å²) in [6, 6.07) is 0. The van der Waals surface area contributed by atoms with E-state index in [0.717, 1.165) is 0 Å². The third kappa shape index (κ3) is 4.62. The maximum Gasteiger partial charge on any atom is 0.331 e. The summed E-state index contributed by atoms with van der Waals surface area (Å²) in [7, 11) is -1.74. The molecule has 88 valence electrons. The van der Waals surface area contributed by atoms with E-state index in [1.54, 1.807) is 0 Å². The third-order valence-electron chi connectivity index (χ3n) is 2.98. The Morgan fingerprint density at radius 1 is 1.40 bits per heavy atom. The van der Waals surface area contributed by atoms with Crippen LogP contribution in [0.1, 0.15) is 27.2 Å². The topological polar surface area (TPSA) is 46.5 Å². The number of rotatable bonds is 5. The highest BCUT2D eigenvalue weighted by atomic mass is 28.4. The molecular weight excluding hydrogens is 208 g/mol. The lowest BCUT2D eigenvalue weighted by atomic mass is 10.2. The smallest absolute Gasteiger partial charge is 0.331 e. The molecule has 0 spiro atoms. The standard InChI is InChI=1S/C11H22O3Si/c1-9(10(12)13)7-8-14-15(5,6)11(2,3)4/h1,7-8H2,2-6H3,(H,12,13). The maximum atomic E-state index is 10.5. The van der Waals surface area contributed by atoms with Gasteiger partial charge in [0.1, 0.15) is 0 Å². The molecule has 0 radical (unpaired) electrons. The first-order chi connectivity index (χ1) is 6.58. The Bertz CT molecular complexity index is 251. The molecule has 1 N–H and O–H groups in total. The zero-order valence-corrected chi connectivity index (χ0v) is 11.4. The van der Waals surface area contributed by atoms with Gasteiger partial charge in [-0.25, -0.2) is 4.79 Å². The van der Waals surface area contributed by atoms with Gasteiger partial charge in [0, 0.05) is 18.6 Å². The number of hydrogen-bond donors (Lipinski definition) is 1. The van der Waals surface area contributed by atoms with Crippen molar-refractivity contribution in [3.05, 3.63) is 12.2 Å². The van der Waals surface area contributed by atoms with Gasteiger partial charge in [0.25, 0.3) is 0 Å². The fraction of sp³-hybridized carbons (Fsp3) is 0.727. The minimum Gasteiger partial charge on any atom is -0.478 e. The van der Waals surface area contributed by atoms with Gasteiger partial charge in [0.2, 0.25) is 0 Å². The molecule has 0 amide bonds. The Morgan fingerprint density at radius 2 is 1.87 bits per heavy atom. The van der Waals surface area contributed by atoms with Crippen molar-refractivity contribution in [1.29, 1.82) is 0 Å². The van der Waals surface area contributed by atoms with Crippen molar-refractivity contribution in [1.82, 2.24) is 0 Å². The highest BCUT2D eigenvalue weighted by Crippen LogP contribution is 2.36. The summed E-state index contributed by atoms with van der Waals surface area (Å²) in [4.78, 5) is 10.5. The molecule has 0 fully saturated rings. The van der Waals surface area contributed by atoms with Gasteiger partial charge in [0.05, 0.1) is 0 Å². The second kappa shape index (κ2) is 4.94. The molecule has 15 heavy (non-hydrogen) atoms. The van der Waals surface area contributed by atoms with Gasteiger partial charge in [0.15, 0.2) is 8.32 Å². The summed E-state index contributed by atoms with van der Waals surface area (Å²) in [5.41, 5.74) is 0.216. The fourth-order valence-corrected chi connectivity index (χ4v) is 1.80. The Hall–Kier alpha value is -0.613. The Morgan fingerprint density at radius 3 is 2.20 bits per heavy atom. The van der Waals surface area contributed by atoms with Crippen molar-refractivity contribution in [2.45, 2.75) is 45.3 Å². The molecule has 0 atom stereocenters. The molecule has 0 heterocycles. The van der Waals surface area contributed by atoms with Crippen LogP contribution in [0, 0.1) is 0 Å². The van der Waals surface area contributed by atoms with E-state index in [2.05, 4.69) is 40.4 Å². The van der Waals surface area contributed by atoms with Crippen molar-refractivity contribution < 1.29 is 14.3 Å². The Labute approximate surface area is 93.3 Å². The van der Waals surface area contributed by atoms with Gasteiger partial charge in [-0.15, -0.1) is 0 Å². The van der Waals surface area contributed by atoms with Crippen LogP contribution in [-0.2, 0) is 9.22 Å². The van der Waals surface area contributed by atoms with Gasteiger partial charge in [-0.05, 0) is 18.1 Å². The van der Waals surface area contributed by atoms with Crippen LogP contribution in [0.15, 0.2) is 12.2 Å². The van der Waals surface area contributed by atoms with Crippen LogP contribution in [0.4, 0.5) is 0 Å². The largest absolute Gasteiger partial charge is 0.478 e. The van der Waals surface area contributed by atoms with Gasteiger partial charge >= 0.3 is 5.97 Å². The van der Waals surface area contributed by atoms with E-state index in [9.17, 15) is 4.79 Å². The lowest BCUT2D eigenvalue weighted by Crippen LogP contribution is -2.41. The quantitative estimate of drug-likeness (QED) is 0.583. The van der Waals surface area contributed by atoms with Gasteiger partial charge in [-0.2, -0.15) is 0 Å². The van der Waals surface area contributed by atoms with E-state index in [0.29, 0.717) is 13.0 Å². The Balaban J connectivity index is 4.07. The average molecular weight is 230 g/mol. The van der Waals surface area contributed by atoms with Crippen LogP contribution in [0.3, 0.4) is 0 Å². The molecular formula is C11H22O3Si. The lowest BCUT2D eigenvalue weighted by molar-refractivity contribution is -0.132. The number of carboxylic acid groups (broad SMARTS) is 1. The molecule has 0 aromatic carbocycles. The molecule has 0 unspecified atom stereocenters. The monoisotopic (exact) mass is 230 g/mol. The van der Waals surface area contributed by atoms with Crippen LogP contribution in [0.5, 0.6) is 0 Å². The van der Waals surface area contributed by atoms with E-state index in [4.69, 9.17) is 9.53 Å². The highest BCUT2D eigenvalue weighted by Gasteiger charge is 2.36. The van der Waals surface area contributed by atoms with E-state index >= 15 is 0 Å². The SMILES string of the molecule is C=C(CCO[Si](C)(C)C(C)(C)C)C(=O)O. The third-order valence-corrected chi connectivity index (χ3v) is 7.51. The first kappa shape index (κ1) is 14.4. The molecule has 0 rings (SSSR count). The number of carbonyl (C=O) groups is 1. The molecule has 0 aliphatic heterocycles. The summed E-state index contributed by atoms with van der Waals surface area (Å²) < 4.78 is 5.83. The molecule has 0 bridgehead atoms. The van der Waals surface area contributed by atoms with E-state index in [1.165, 1.54) is 0 Å². The van der Waals surface area contributed by atoms with E-state index in [1.807, 2.05) is 0 Å². The first-order valence-corrected chi connectivity index (χ1v) is 8.04. The zero-order chi connectivity index (χ0) is 12.3. The number of hydrogen-bond acceptors (Lipinski definition) is 2. The molecule has 0 aromatic heterocycles. The minimum absolute atomic E-state index is 0.164. The van der Waals surface area contributed by atoms with Crippen molar-refractivity contribution in [3.63, 3.8) is 0 Å². The van der Waals surface area contributed by atoms with Crippen molar-refractivity contribution >= 4 is 14.3 Å². The predicted molar refractivity (Wildman–Crippen MR) is 64.5 cm³/mol. The molecule has 0 aromatic rings. The summed E-state index contributed by atoms with van der Waals surface area (Å²) in [5.74, 6) is -0.936. The van der Waals surface area contributed by atoms with Gasteiger partial charge < -0.3 is 9.53 Å². The molecule has 0 saturated heterocycles. The van der Waals surface area contributed by atoms with Crippen LogP contribution >= 0.6 is 0 Å². The van der Waals surface area contributed by atoms with Crippen molar-refractivity contribution in [3.8, 4) is 0 Å². The van der Waals surface area contributed by atoms with Crippen LogP contribution < -0.4 is 0 Å². The minimum atomic E-state index is -1.74. The second-order valence-electron chi connectivity index (χ2n) is 5.27. The maximum absolute atomic E-state index is 10.5. The zero-order valence-electron chi connectivity index (χ0n) is 10.4. The number of carboxylic acids is 1. The fourth-order valence-electron chi connectivity index (χ4n) is 0.753. The van der Waals surface area contributed by atoms with E-state index < -0.39 is 14.3 Å². The average Bonchev–Trinajstić information content (AvgIpc) is 2.01. The lowest BCUT2D eigenvalue weighted by Gasteiger charge is -2.36. The molecule has 0 saturated carbocycles. The van der Waals surface area contributed by atoms with Gasteiger partial charge in [-0.3, -0.25) is 0 Å². The van der Waals surface area contributed by atoms with Crippen LogP contribution in [0.25, 0.3) is 0 Å². The van der Waals surface area contributed by atoms with Crippen molar-refractivity contribution in [2.24, 2.45) is 0 Å². The highest BCUT2D eigenvalue weighted by molar-refractivity contribution is 6.74. The summed E-state index contributed by atoms with van der Waals surface area (Å²) in [6.45, 7) is 14.7. The van der Waals surface area contributed by atoms with Crippen molar-refractivity contribution in [2.75, 3.05) is 6.61 Å². The second-order valence-corrected chi connectivity index (χ2v) is 10.1. The van der Waals surface area contributed by atoms with Gasteiger partial charge in [-0.1, -0.05) is 27.4 Å². The van der Waals surface area contributed by atoms with Crippen LogP contribution in [0.2, 0.25) is 18.1 Å². The van der Waals surface area contributed by atoms with E-state index in [-0.39, 0.29) is 10.6 Å². The molecule has 3 nitrogen and oxygen atoms in total. The summed E-state index contributed by atoms with van der Waals surface area (Å²) in [6.07, 6.45) is 0.405. The molecule has 0 aliphatic carbocycles. The normalized spacial score (nSPS) is 12.6. The predicted octanol–water partition coefficient (Wildman–Crippen LogP) is 3.04. The first-order valence-electron chi connectivity index (χ1n) is 5.13. The molecule has 4 heteroatoms. The molecule has 0 aliphatic rings. The summed E-state index contributed by atoms with van der Waals surface area (Å²) in [5, 5.41) is 8.79. The van der Waals surface area contributed by atoms with Crippen LogP contribution in [-0.4, -0.2) is 26.0 Å². The number of aliphatic carboxylic acids is 1. The Kier molecular flexibility index (Phi) is 4.74. The summed E-state index contributed by atoms with van der Waals surface area (Å²) >= 11 is 0.